The highest BCUT2D eigenvalue weighted by molar-refractivity contribution is 5.92. The van der Waals surface area contributed by atoms with Gasteiger partial charge in [0.25, 0.3) is 5.91 Å². The Morgan fingerprint density at radius 2 is 2.27 bits per heavy atom. The Bertz CT molecular complexity index is 320. The Balaban J connectivity index is 2.43. The maximum Gasteiger partial charge on any atom is 0.269 e. The average Bonchev–Trinajstić information content (AvgIpc) is 2.18. The highest BCUT2D eigenvalue weighted by Gasteiger charge is 2.06. The van der Waals surface area contributed by atoms with E-state index < -0.39 is 0 Å². The number of nitrogens with one attached hydrogen (secondary N) is 1. The van der Waals surface area contributed by atoms with Crippen LogP contribution in [-0.2, 0) is 0 Å². The highest BCUT2D eigenvalue weighted by Crippen LogP contribution is 2.05. The number of rotatable bonds is 4. The van der Waals surface area contributed by atoms with Crippen molar-refractivity contribution in [1.82, 2.24) is 10.3 Å². The fourth-order valence-electron chi connectivity index (χ4n) is 1.09. The van der Waals surface area contributed by atoms with Gasteiger partial charge in [0.05, 0.1) is 6.20 Å². The van der Waals surface area contributed by atoms with Gasteiger partial charge in [0.2, 0.25) is 0 Å². The molecule has 0 atom stereocenters. The molecular weight excluding hydrogens is 192 g/mol. The second-order valence-electron chi connectivity index (χ2n) is 3.84. The van der Waals surface area contributed by atoms with Crippen molar-refractivity contribution in [1.29, 1.82) is 0 Å². The lowest BCUT2D eigenvalue weighted by atomic mass is 10.1. The van der Waals surface area contributed by atoms with Gasteiger partial charge in [-0.25, -0.2) is 4.98 Å². The zero-order chi connectivity index (χ0) is 11.3. The Morgan fingerprint density at radius 3 is 2.80 bits per heavy atom. The minimum Gasteiger partial charge on any atom is -0.506 e. The topological polar surface area (TPSA) is 62.2 Å². The van der Waals surface area contributed by atoms with Crippen molar-refractivity contribution in [3.8, 4) is 5.75 Å². The second kappa shape index (κ2) is 5.34. The molecule has 0 saturated heterocycles. The number of nitrogens with zero attached hydrogens (tertiary/aromatic N) is 1. The van der Waals surface area contributed by atoms with Crippen LogP contribution >= 0.6 is 0 Å². The molecule has 0 aliphatic carbocycles. The predicted molar refractivity (Wildman–Crippen MR) is 57.7 cm³/mol. The molecule has 0 aromatic carbocycles. The fraction of sp³-hybridized carbons (Fsp3) is 0.455. The minimum absolute atomic E-state index is 0.0636. The van der Waals surface area contributed by atoms with E-state index in [0.717, 1.165) is 6.42 Å². The van der Waals surface area contributed by atoms with Crippen molar-refractivity contribution in [2.75, 3.05) is 6.54 Å². The summed E-state index contributed by atoms with van der Waals surface area (Å²) in [6.45, 7) is 4.86. The smallest absolute Gasteiger partial charge is 0.269 e. The first-order chi connectivity index (χ1) is 7.09. The zero-order valence-electron chi connectivity index (χ0n) is 9.03. The molecule has 4 nitrogen and oxygen atoms in total. The average molecular weight is 208 g/mol. The lowest BCUT2D eigenvalue weighted by Crippen LogP contribution is -2.26. The first-order valence-electron chi connectivity index (χ1n) is 5.03. The van der Waals surface area contributed by atoms with E-state index in [4.69, 9.17) is 5.11 Å². The number of aromatic nitrogens is 1. The largest absolute Gasteiger partial charge is 0.506 e. The predicted octanol–water partition coefficient (Wildman–Crippen LogP) is 1.56. The van der Waals surface area contributed by atoms with Crippen LogP contribution in [0.25, 0.3) is 0 Å². The molecule has 1 aromatic rings. The first-order valence-corrected chi connectivity index (χ1v) is 5.03. The molecule has 1 aromatic heterocycles. The van der Waals surface area contributed by atoms with Crippen molar-refractivity contribution in [2.45, 2.75) is 20.3 Å². The van der Waals surface area contributed by atoms with Crippen molar-refractivity contribution in [3.63, 3.8) is 0 Å². The molecule has 0 aliphatic rings. The van der Waals surface area contributed by atoms with Crippen molar-refractivity contribution in [3.05, 3.63) is 24.0 Å². The van der Waals surface area contributed by atoms with Gasteiger partial charge in [-0.1, -0.05) is 13.8 Å². The van der Waals surface area contributed by atoms with Crippen LogP contribution < -0.4 is 5.32 Å². The lowest BCUT2D eigenvalue weighted by molar-refractivity contribution is 0.0947. The Labute approximate surface area is 89.3 Å². The van der Waals surface area contributed by atoms with Crippen LogP contribution in [0.2, 0.25) is 0 Å². The van der Waals surface area contributed by atoms with E-state index in [9.17, 15) is 4.79 Å². The van der Waals surface area contributed by atoms with Crippen LogP contribution in [0.3, 0.4) is 0 Å². The third kappa shape index (κ3) is 3.97. The molecule has 0 aliphatic heterocycles. The number of aromatic hydroxyl groups is 1. The van der Waals surface area contributed by atoms with Gasteiger partial charge >= 0.3 is 0 Å². The van der Waals surface area contributed by atoms with Crippen LogP contribution in [0, 0.1) is 5.92 Å². The van der Waals surface area contributed by atoms with Gasteiger partial charge in [0.1, 0.15) is 11.4 Å². The summed E-state index contributed by atoms with van der Waals surface area (Å²) < 4.78 is 0. The maximum absolute atomic E-state index is 11.5. The molecule has 1 rings (SSSR count). The van der Waals surface area contributed by atoms with Gasteiger partial charge in [-0.2, -0.15) is 0 Å². The van der Waals surface area contributed by atoms with E-state index in [1.54, 1.807) is 0 Å². The molecule has 0 bridgehead atoms. The highest BCUT2D eigenvalue weighted by atomic mass is 16.3. The molecule has 0 saturated carbocycles. The minimum atomic E-state index is -0.198. The molecular formula is C11H16N2O2. The van der Waals surface area contributed by atoms with Gasteiger partial charge in [-0.3, -0.25) is 4.79 Å². The maximum atomic E-state index is 11.5. The van der Waals surface area contributed by atoms with E-state index in [-0.39, 0.29) is 11.7 Å². The number of hydrogen-bond acceptors (Lipinski definition) is 3. The molecule has 82 valence electrons. The van der Waals surface area contributed by atoms with Crippen LogP contribution in [-0.4, -0.2) is 22.5 Å². The van der Waals surface area contributed by atoms with E-state index >= 15 is 0 Å². The molecule has 0 unspecified atom stereocenters. The number of amides is 1. The van der Waals surface area contributed by atoms with Gasteiger partial charge in [-0.15, -0.1) is 0 Å². The zero-order valence-corrected chi connectivity index (χ0v) is 9.03. The summed E-state index contributed by atoms with van der Waals surface area (Å²) >= 11 is 0. The molecule has 1 heterocycles. The Hall–Kier alpha value is -1.58. The summed E-state index contributed by atoms with van der Waals surface area (Å²) in [5, 5.41) is 11.8. The van der Waals surface area contributed by atoms with Crippen molar-refractivity contribution in [2.24, 2.45) is 5.92 Å². The monoisotopic (exact) mass is 208 g/mol. The summed E-state index contributed by atoms with van der Waals surface area (Å²) in [5.41, 5.74) is 0.330. The quantitative estimate of drug-likeness (QED) is 0.789. The summed E-state index contributed by atoms with van der Waals surface area (Å²) in [4.78, 5) is 15.3. The molecule has 1 amide bonds. The van der Waals surface area contributed by atoms with E-state index in [1.807, 2.05) is 0 Å². The molecule has 15 heavy (non-hydrogen) atoms. The van der Waals surface area contributed by atoms with Crippen LogP contribution in [0.4, 0.5) is 0 Å². The molecule has 0 spiro atoms. The third-order valence-corrected chi connectivity index (χ3v) is 1.99. The van der Waals surface area contributed by atoms with Gasteiger partial charge in [0.15, 0.2) is 0 Å². The second-order valence-corrected chi connectivity index (χ2v) is 3.84. The van der Waals surface area contributed by atoms with Crippen molar-refractivity contribution >= 4 is 5.91 Å². The van der Waals surface area contributed by atoms with Gasteiger partial charge in [0, 0.05) is 6.54 Å². The van der Waals surface area contributed by atoms with Crippen molar-refractivity contribution < 1.29 is 9.90 Å². The van der Waals surface area contributed by atoms with Crippen LogP contribution in [0.1, 0.15) is 30.8 Å². The molecule has 4 heteroatoms. The normalized spacial score (nSPS) is 10.3. The van der Waals surface area contributed by atoms with Gasteiger partial charge in [-0.05, 0) is 24.5 Å². The summed E-state index contributed by atoms with van der Waals surface area (Å²) in [6, 6.07) is 2.95. The molecule has 2 N–H and O–H groups in total. The standard InChI is InChI=1S/C11H16N2O2/c1-8(2)5-6-12-11(15)10-4-3-9(14)7-13-10/h3-4,7-8,14H,5-6H2,1-2H3,(H,12,15). The SMILES string of the molecule is CC(C)CCNC(=O)c1ccc(O)cn1. The van der Waals surface area contributed by atoms with E-state index in [0.29, 0.717) is 18.2 Å². The van der Waals surface area contributed by atoms with Crippen LogP contribution in [0.15, 0.2) is 18.3 Å². The molecule has 0 fully saturated rings. The number of hydrogen-bond donors (Lipinski definition) is 2. The summed E-state index contributed by atoms with van der Waals surface area (Å²) in [6.07, 6.45) is 2.21. The van der Waals surface area contributed by atoms with Crippen LogP contribution in [0.5, 0.6) is 5.75 Å². The summed E-state index contributed by atoms with van der Waals surface area (Å²) in [7, 11) is 0. The lowest BCUT2D eigenvalue weighted by Gasteiger charge is -2.06. The number of carbonyl (C=O) groups is 1. The Morgan fingerprint density at radius 1 is 1.53 bits per heavy atom. The third-order valence-electron chi connectivity index (χ3n) is 1.99. The van der Waals surface area contributed by atoms with Gasteiger partial charge < -0.3 is 10.4 Å². The number of carbonyl (C=O) groups excluding carboxylic acids is 1. The molecule has 0 radical (unpaired) electrons. The number of pyridine rings is 1. The van der Waals surface area contributed by atoms with E-state index in [2.05, 4.69) is 24.1 Å². The Kier molecular flexibility index (Phi) is 4.09. The summed E-state index contributed by atoms with van der Waals surface area (Å²) in [5.74, 6) is 0.433. The van der Waals surface area contributed by atoms with E-state index in [1.165, 1.54) is 18.3 Å². The first kappa shape index (κ1) is 11.5. The fourth-order valence-corrected chi connectivity index (χ4v) is 1.09.